The summed E-state index contributed by atoms with van der Waals surface area (Å²) in [5, 5.41) is 9.05. The van der Waals surface area contributed by atoms with E-state index in [0.29, 0.717) is 25.7 Å². The second-order valence-corrected chi connectivity index (χ2v) is 17.2. The molecule has 334 valence electrons. The van der Waals surface area contributed by atoms with Crippen molar-refractivity contribution in [1.82, 2.24) is 49.1 Å². The predicted molar refractivity (Wildman–Crippen MR) is 259 cm³/mol. The van der Waals surface area contributed by atoms with Gasteiger partial charge in [-0.25, -0.2) is 19.9 Å². The van der Waals surface area contributed by atoms with E-state index in [1.807, 2.05) is 54.4 Å². The van der Waals surface area contributed by atoms with Crippen LogP contribution in [-0.4, -0.2) is 139 Å². The standard InChI is InChI=1S/C35H36N6O.C16H22N6O/c1-4-32(42)40-23-29(22-30(24-40)39(2)3)38-33-31-20-21-41(34(31)37-25-36-33)35(26-14-8-5-9-15-26,27-16-10-6-11-17-27)28-18-12-7-13-19-28;1-4-14(23)22-8-11(7-12(9-22)21(2)3)20-16-13-5-6-17-15(13)18-10-19-16/h4-21,25,29-30H,1,22-24H2,2-3H3,(H,36,37,38);4-6,10-12H,1,7-9H2,2-3H3,(H2,17,18,19,20)/t29-,30+;11-,12+/m11/s1. The maximum atomic E-state index is 12.6. The van der Waals surface area contributed by atoms with Crippen LogP contribution >= 0.6 is 0 Å². The summed E-state index contributed by atoms with van der Waals surface area (Å²) in [5.74, 6) is 1.48. The molecular weight excluding hydrogens is 813 g/mol. The lowest BCUT2D eigenvalue weighted by Crippen LogP contribution is -2.54. The number of aromatic nitrogens is 6. The molecule has 7 aromatic rings. The maximum Gasteiger partial charge on any atom is 0.246 e. The van der Waals surface area contributed by atoms with Gasteiger partial charge in [-0.2, -0.15) is 0 Å². The number of anilines is 2. The summed E-state index contributed by atoms with van der Waals surface area (Å²) in [6, 6.07) is 36.5. The normalized spacial score (nSPS) is 18.9. The summed E-state index contributed by atoms with van der Waals surface area (Å²) >= 11 is 0. The number of likely N-dealkylation sites (tertiary alicyclic amines) is 2. The number of amides is 2. The van der Waals surface area contributed by atoms with Crippen LogP contribution in [0.25, 0.3) is 22.1 Å². The van der Waals surface area contributed by atoms with Crippen molar-refractivity contribution in [3.8, 4) is 0 Å². The third-order valence-electron chi connectivity index (χ3n) is 12.7. The maximum absolute atomic E-state index is 12.6. The second kappa shape index (κ2) is 19.7. The minimum absolute atomic E-state index is 0.0265. The zero-order valence-electron chi connectivity index (χ0n) is 37.6. The molecule has 14 heteroatoms. The zero-order chi connectivity index (χ0) is 45.5. The van der Waals surface area contributed by atoms with Crippen molar-refractivity contribution in [1.29, 1.82) is 0 Å². The van der Waals surface area contributed by atoms with Crippen LogP contribution in [0.1, 0.15) is 29.5 Å². The van der Waals surface area contributed by atoms with Gasteiger partial charge >= 0.3 is 0 Å². The van der Waals surface area contributed by atoms with E-state index in [1.165, 1.54) is 12.2 Å². The Balaban J connectivity index is 0.000000211. The van der Waals surface area contributed by atoms with Crippen LogP contribution in [-0.2, 0) is 15.1 Å². The Morgan fingerprint density at radius 2 is 1.09 bits per heavy atom. The van der Waals surface area contributed by atoms with Crippen LogP contribution in [0.15, 0.2) is 153 Å². The van der Waals surface area contributed by atoms with Gasteiger partial charge in [0.1, 0.15) is 41.1 Å². The molecule has 2 aliphatic rings. The van der Waals surface area contributed by atoms with Gasteiger partial charge in [-0.1, -0.05) is 104 Å². The summed E-state index contributed by atoms with van der Waals surface area (Å²) in [6.45, 7) is 9.94. The van der Waals surface area contributed by atoms with Gasteiger partial charge in [-0.05, 0) is 82.0 Å². The van der Waals surface area contributed by atoms with Crippen molar-refractivity contribution < 1.29 is 9.59 Å². The van der Waals surface area contributed by atoms with Crippen molar-refractivity contribution in [2.45, 2.75) is 42.5 Å². The lowest BCUT2D eigenvalue weighted by Gasteiger charge is -2.40. The molecule has 4 atom stereocenters. The Bertz CT molecular complexity index is 2620. The third-order valence-corrected chi connectivity index (χ3v) is 12.7. The lowest BCUT2D eigenvalue weighted by molar-refractivity contribution is -0.128. The fourth-order valence-corrected chi connectivity index (χ4v) is 9.39. The van der Waals surface area contributed by atoms with Crippen LogP contribution in [0.3, 0.4) is 0 Å². The van der Waals surface area contributed by atoms with Gasteiger partial charge in [0.25, 0.3) is 0 Å². The highest BCUT2D eigenvalue weighted by molar-refractivity contribution is 5.90. The van der Waals surface area contributed by atoms with Crippen LogP contribution < -0.4 is 10.6 Å². The first-order valence-electron chi connectivity index (χ1n) is 22.1. The van der Waals surface area contributed by atoms with Crippen LogP contribution in [0.4, 0.5) is 11.6 Å². The molecular formula is C51H58N12O2. The molecule has 0 bridgehead atoms. The van der Waals surface area contributed by atoms with Crippen molar-refractivity contribution in [3.05, 3.63) is 170 Å². The highest BCUT2D eigenvalue weighted by atomic mass is 16.2. The molecule has 3 N–H and O–H groups in total. The highest BCUT2D eigenvalue weighted by Gasteiger charge is 2.40. The molecule has 2 amide bonds. The van der Waals surface area contributed by atoms with E-state index in [2.05, 4.69) is 152 Å². The second-order valence-electron chi connectivity index (χ2n) is 17.2. The number of carbonyl (C=O) groups is 2. The Labute approximate surface area is 380 Å². The van der Waals surface area contributed by atoms with Crippen LogP contribution in [0.5, 0.6) is 0 Å². The van der Waals surface area contributed by atoms with E-state index < -0.39 is 5.54 Å². The number of nitrogens with zero attached hydrogens (tertiary/aromatic N) is 9. The number of benzene rings is 3. The number of hydrogen-bond acceptors (Lipinski definition) is 10. The molecule has 14 nitrogen and oxygen atoms in total. The first-order valence-corrected chi connectivity index (χ1v) is 22.1. The molecule has 0 spiro atoms. The molecule has 0 saturated carbocycles. The van der Waals surface area contributed by atoms with E-state index >= 15 is 0 Å². The minimum Gasteiger partial charge on any atom is -0.365 e. The fourth-order valence-electron chi connectivity index (χ4n) is 9.39. The van der Waals surface area contributed by atoms with Gasteiger partial charge in [0, 0.05) is 62.7 Å². The van der Waals surface area contributed by atoms with Gasteiger partial charge in [-0.3, -0.25) is 9.59 Å². The van der Waals surface area contributed by atoms with Crippen molar-refractivity contribution in [2.24, 2.45) is 0 Å². The topological polar surface area (TPSA) is 143 Å². The number of aromatic amines is 1. The molecule has 0 radical (unpaired) electrons. The summed E-state index contributed by atoms with van der Waals surface area (Å²) in [7, 11) is 8.20. The van der Waals surface area contributed by atoms with E-state index in [0.717, 1.165) is 69.8 Å². The molecule has 0 unspecified atom stereocenters. The molecule has 65 heavy (non-hydrogen) atoms. The van der Waals surface area contributed by atoms with Gasteiger partial charge in [0.15, 0.2) is 0 Å². The fraction of sp³-hybridized carbons (Fsp3) is 0.294. The highest BCUT2D eigenvalue weighted by Crippen LogP contribution is 2.43. The van der Waals surface area contributed by atoms with E-state index in [1.54, 1.807) is 12.7 Å². The van der Waals surface area contributed by atoms with Crippen molar-refractivity contribution in [3.63, 3.8) is 0 Å². The summed E-state index contributed by atoms with van der Waals surface area (Å²) in [5.41, 5.74) is 4.35. The predicted octanol–water partition coefficient (Wildman–Crippen LogP) is 6.49. The third kappa shape index (κ3) is 9.26. The average Bonchev–Trinajstić information content (AvgIpc) is 4.02. The summed E-state index contributed by atoms with van der Waals surface area (Å²) < 4.78 is 2.27. The van der Waals surface area contributed by atoms with E-state index in [9.17, 15) is 9.59 Å². The first-order chi connectivity index (χ1) is 31.6. The molecule has 9 rings (SSSR count). The van der Waals surface area contributed by atoms with E-state index in [4.69, 9.17) is 9.97 Å². The molecule has 4 aromatic heterocycles. The van der Waals surface area contributed by atoms with Gasteiger partial charge in [0.05, 0.1) is 10.8 Å². The van der Waals surface area contributed by atoms with Gasteiger partial charge < -0.3 is 39.8 Å². The molecule has 2 aliphatic heterocycles. The molecule has 3 aromatic carbocycles. The monoisotopic (exact) mass is 870 g/mol. The van der Waals surface area contributed by atoms with Crippen molar-refractivity contribution in [2.75, 3.05) is 65.0 Å². The molecule has 6 heterocycles. The number of nitrogens with one attached hydrogen (secondary N) is 3. The molecule has 0 aliphatic carbocycles. The number of carbonyl (C=O) groups excluding carboxylic acids is 2. The Kier molecular flexibility index (Phi) is 13.5. The quantitative estimate of drug-likeness (QED) is 0.0922. The number of fused-ring (bicyclic) bond motifs is 2. The van der Waals surface area contributed by atoms with Crippen molar-refractivity contribution >= 4 is 45.5 Å². The molecule has 2 fully saturated rings. The minimum atomic E-state index is -0.675. The van der Waals surface area contributed by atoms with E-state index in [-0.39, 0.29) is 29.9 Å². The lowest BCUT2D eigenvalue weighted by atomic mass is 9.76. The first kappa shape index (κ1) is 44.4. The Hall–Kier alpha value is -7.16. The van der Waals surface area contributed by atoms with Crippen LogP contribution in [0, 0.1) is 0 Å². The summed E-state index contributed by atoms with van der Waals surface area (Å²) in [4.78, 5) is 53.9. The molecule has 2 saturated heterocycles. The number of hydrogen-bond donors (Lipinski definition) is 3. The number of rotatable bonds is 12. The summed E-state index contributed by atoms with van der Waals surface area (Å²) in [6.07, 6.45) is 11.8. The number of H-pyrrole nitrogens is 1. The van der Waals surface area contributed by atoms with Gasteiger partial charge in [-0.15, -0.1) is 0 Å². The average molecular weight is 871 g/mol. The smallest absolute Gasteiger partial charge is 0.246 e. The largest absolute Gasteiger partial charge is 0.365 e. The van der Waals surface area contributed by atoms with Gasteiger partial charge in [0.2, 0.25) is 11.8 Å². The zero-order valence-corrected chi connectivity index (χ0v) is 37.6. The SMILES string of the molecule is C=CC(=O)N1C[C@H](Nc2ncnc3[nH]ccc23)C[C@H](N(C)C)C1.C=CC(=O)N1C[C@H](Nc2ncnc3c2ccn3C(c2ccccc2)(c2ccccc2)c2ccccc2)C[C@H](N(C)C)C1. The number of likely N-dealkylation sites (N-methyl/N-ethyl adjacent to an activating group) is 2. The number of piperidine rings is 2. The Morgan fingerprint density at radius 1 is 0.631 bits per heavy atom. The Morgan fingerprint density at radius 3 is 1.55 bits per heavy atom. The van der Waals surface area contributed by atoms with Crippen LogP contribution in [0.2, 0.25) is 0 Å².